The van der Waals surface area contributed by atoms with Crippen LogP contribution in [0.3, 0.4) is 0 Å². The number of carboxylic acid groups (broad SMARTS) is 1. The minimum absolute atomic E-state index is 0.302. The Balaban J connectivity index is 2.90. The van der Waals surface area contributed by atoms with E-state index in [4.69, 9.17) is 16.7 Å². The highest BCUT2D eigenvalue weighted by atomic mass is 35.5. The molecule has 0 radical (unpaired) electrons. The lowest BCUT2D eigenvalue weighted by atomic mass is 10.1. The number of carbonyl (C=O) groups excluding carboxylic acids is 1. The Kier molecular flexibility index (Phi) is 6.18. The van der Waals surface area contributed by atoms with Crippen LogP contribution in [-0.4, -0.2) is 29.3 Å². The number of carbonyl (C=O) groups is 2. The summed E-state index contributed by atoms with van der Waals surface area (Å²) in [6.07, 6.45) is 2.96. The molecule has 0 aliphatic heterocycles. The fourth-order valence-electron chi connectivity index (χ4n) is 1.59. The van der Waals surface area contributed by atoms with Crippen LogP contribution in [0.2, 0.25) is 5.02 Å². The average molecular weight is 302 g/mol. The molecule has 19 heavy (non-hydrogen) atoms. The lowest BCUT2D eigenvalue weighted by Crippen LogP contribution is -2.40. The number of halogens is 1. The molecule has 1 atom stereocenters. The van der Waals surface area contributed by atoms with Crippen LogP contribution in [0.25, 0.3) is 0 Å². The minimum Gasteiger partial charge on any atom is -0.480 e. The summed E-state index contributed by atoms with van der Waals surface area (Å²) in [6, 6.07) is 4.22. The second kappa shape index (κ2) is 7.40. The molecule has 0 saturated heterocycles. The molecule has 0 spiro atoms. The molecule has 0 heterocycles. The van der Waals surface area contributed by atoms with Gasteiger partial charge < -0.3 is 10.4 Å². The molecule has 0 aliphatic carbocycles. The van der Waals surface area contributed by atoms with Crippen LogP contribution in [0.15, 0.2) is 23.1 Å². The number of aliphatic carboxylic acids is 1. The predicted octanol–water partition coefficient (Wildman–Crippen LogP) is 3.05. The zero-order chi connectivity index (χ0) is 14.4. The van der Waals surface area contributed by atoms with Gasteiger partial charge in [-0.15, -0.1) is 11.8 Å². The van der Waals surface area contributed by atoms with Crippen molar-refractivity contribution in [3.63, 3.8) is 0 Å². The van der Waals surface area contributed by atoms with E-state index in [0.717, 1.165) is 4.90 Å². The van der Waals surface area contributed by atoms with Gasteiger partial charge in [-0.25, -0.2) is 4.79 Å². The maximum absolute atomic E-state index is 12.1. The molecule has 4 nitrogen and oxygen atoms in total. The molecule has 104 valence electrons. The van der Waals surface area contributed by atoms with Crippen LogP contribution in [0.1, 0.15) is 30.1 Å². The van der Waals surface area contributed by atoms with Gasteiger partial charge in [-0.1, -0.05) is 24.9 Å². The van der Waals surface area contributed by atoms with Gasteiger partial charge in [0.2, 0.25) is 0 Å². The fourth-order valence-corrected chi connectivity index (χ4v) is 2.23. The number of rotatable bonds is 6. The standard InChI is InChI=1S/C13H16ClNO3S/c1-3-4-11(13(17)18)15-12(16)9-7-8(19-2)5-6-10(9)14/h5-7,11H,3-4H2,1-2H3,(H,15,16)(H,17,18)/t11-/m0/s1. The lowest BCUT2D eigenvalue weighted by molar-refractivity contribution is -0.139. The van der Waals surface area contributed by atoms with E-state index in [1.54, 1.807) is 12.1 Å². The van der Waals surface area contributed by atoms with Crippen LogP contribution in [0, 0.1) is 0 Å². The van der Waals surface area contributed by atoms with Crippen LogP contribution in [0.4, 0.5) is 0 Å². The average Bonchev–Trinajstić information content (AvgIpc) is 2.38. The second-order valence-corrected chi connectivity index (χ2v) is 5.29. The maximum atomic E-state index is 12.1. The zero-order valence-electron chi connectivity index (χ0n) is 10.8. The second-order valence-electron chi connectivity index (χ2n) is 4.00. The van der Waals surface area contributed by atoms with Gasteiger partial charge in [0.15, 0.2) is 0 Å². The summed E-state index contributed by atoms with van der Waals surface area (Å²) in [7, 11) is 0. The summed E-state index contributed by atoms with van der Waals surface area (Å²) < 4.78 is 0. The molecule has 0 saturated carbocycles. The number of hydrogen-bond donors (Lipinski definition) is 2. The van der Waals surface area contributed by atoms with Crippen molar-refractivity contribution in [2.45, 2.75) is 30.7 Å². The molecule has 6 heteroatoms. The Labute approximate surface area is 121 Å². The van der Waals surface area contributed by atoms with Gasteiger partial charge >= 0.3 is 5.97 Å². The third-order valence-electron chi connectivity index (χ3n) is 2.60. The monoisotopic (exact) mass is 301 g/mol. The molecule has 0 bridgehead atoms. The first-order valence-electron chi connectivity index (χ1n) is 5.86. The normalized spacial score (nSPS) is 11.9. The molecule has 1 aromatic rings. The number of nitrogens with one attached hydrogen (secondary N) is 1. The summed E-state index contributed by atoms with van der Waals surface area (Å²) in [5.74, 6) is -1.49. The van der Waals surface area contributed by atoms with E-state index in [2.05, 4.69) is 5.32 Å². The quantitative estimate of drug-likeness (QED) is 0.793. The minimum atomic E-state index is -1.03. The molecule has 0 aliphatic rings. The predicted molar refractivity (Wildman–Crippen MR) is 77.0 cm³/mol. The largest absolute Gasteiger partial charge is 0.480 e. The number of hydrogen-bond acceptors (Lipinski definition) is 3. The smallest absolute Gasteiger partial charge is 0.326 e. The highest BCUT2D eigenvalue weighted by Gasteiger charge is 2.21. The summed E-state index contributed by atoms with van der Waals surface area (Å²) in [6.45, 7) is 1.86. The Morgan fingerprint density at radius 2 is 2.16 bits per heavy atom. The van der Waals surface area contributed by atoms with Crippen molar-refractivity contribution < 1.29 is 14.7 Å². The fraction of sp³-hybridized carbons (Fsp3) is 0.385. The Bertz CT molecular complexity index is 479. The highest BCUT2D eigenvalue weighted by Crippen LogP contribution is 2.23. The van der Waals surface area contributed by atoms with Gasteiger partial charge in [0, 0.05) is 4.90 Å². The summed E-state index contributed by atoms with van der Waals surface area (Å²) in [4.78, 5) is 24.0. The number of amides is 1. The van der Waals surface area contributed by atoms with Crippen molar-refractivity contribution in [2.75, 3.05) is 6.26 Å². The van der Waals surface area contributed by atoms with Crippen LogP contribution in [-0.2, 0) is 4.79 Å². The van der Waals surface area contributed by atoms with Crippen molar-refractivity contribution >= 4 is 35.2 Å². The summed E-state index contributed by atoms with van der Waals surface area (Å²) in [5, 5.41) is 11.8. The van der Waals surface area contributed by atoms with Crippen molar-refractivity contribution in [2.24, 2.45) is 0 Å². The van der Waals surface area contributed by atoms with Crippen molar-refractivity contribution in [1.29, 1.82) is 0 Å². The molecular formula is C13H16ClNO3S. The Morgan fingerprint density at radius 3 is 2.68 bits per heavy atom. The van der Waals surface area contributed by atoms with Crippen molar-refractivity contribution in [3.8, 4) is 0 Å². The lowest BCUT2D eigenvalue weighted by Gasteiger charge is -2.14. The van der Waals surface area contributed by atoms with Gasteiger partial charge in [0.1, 0.15) is 6.04 Å². The van der Waals surface area contributed by atoms with Gasteiger partial charge in [0.05, 0.1) is 10.6 Å². The van der Waals surface area contributed by atoms with Crippen LogP contribution >= 0.6 is 23.4 Å². The molecule has 0 fully saturated rings. The molecule has 2 N–H and O–H groups in total. The number of thioether (sulfide) groups is 1. The van der Waals surface area contributed by atoms with Gasteiger partial charge in [0.25, 0.3) is 5.91 Å². The first-order chi connectivity index (χ1) is 8.99. The first-order valence-corrected chi connectivity index (χ1v) is 7.47. The Morgan fingerprint density at radius 1 is 1.47 bits per heavy atom. The molecule has 1 aromatic carbocycles. The van der Waals surface area contributed by atoms with Gasteiger partial charge in [-0.2, -0.15) is 0 Å². The maximum Gasteiger partial charge on any atom is 0.326 e. The molecule has 1 amide bonds. The summed E-state index contributed by atoms with van der Waals surface area (Å²) >= 11 is 7.46. The van der Waals surface area contributed by atoms with E-state index in [1.165, 1.54) is 11.8 Å². The topological polar surface area (TPSA) is 66.4 Å². The van der Waals surface area contributed by atoms with E-state index in [0.29, 0.717) is 23.4 Å². The summed E-state index contributed by atoms with van der Waals surface area (Å²) in [5.41, 5.74) is 0.302. The molecule has 0 unspecified atom stereocenters. The molecule has 1 rings (SSSR count). The molecular weight excluding hydrogens is 286 g/mol. The SMILES string of the molecule is CCC[C@H](NC(=O)c1cc(SC)ccc1Cl)C(=O)O. The third kappa shape index (κ3) is 4.44. The van der Waals surface area contributed by atoms with Crippen LogP contribution in [0.5, 0.6) is 0 Å². The van der Waals surface area contributed by atoms with E-state index in [1.807, 2.05) is 19.2 Å². The number of benzene rings is 1. The van der Waals surface area contributed by atoms with Crippen LogP contribution < -0.4 is 5.32 Å². The Hall–Kier alpha value is -1.20. The first kappa shape index (κ1) is 15.9. The number of carboxylic acids is 1. The van der Waals surface area contributed by atoms with Gasteiger partial charge in [-0.3, -0.25) is 4.79 Å². The van der Waals surface area contributed by atoms with Gasteiger partial charge in [-0.05, 0) is 30.9 Å². The van der Waals surface area contributed by atoms with Crippen molar-refractivity contribution in [3.05, 3.63) is 28.8 Å². The van der Waals surface area contributed by atoms with Crippen molar-refractivity contribution in [1.82, 2.24) is 5.32 Å². The zero-order valence-corrected chi connectivity index (χ0v) is 12.3. The van der Waals surface area contributed by atoms with E-state index < -0.39 is 17.9 Å². The van der Waals surface area contributed by atoms with E-state index in [9.17, 15) is 9.59 Å². The third-order valence-corrected chi connectivity index (χ3v) is 3.65. The highest BCUT2D eigenvalue weighted by molar-refractivity contribution is 7.98. The van der Waals surface area contributed by atoms with E-state index in [-0.39, 0.29) is 0 Å². The van der Waals surface area contributed by atoms with E-state index >= 15 is 0 Å². The molecule has 0 aromatic heterocycles.